The van der Waals surface area contributed by atoms with E-state index >= 15 is 0 Å². The largest absolute Gasteiger partial charge is 0.396 e. The van der Waals surface area contributed by atoms with Crippen LogP contribution in [0.4, 0.5) is 0 Å². The van der Waals surface area contributed by atoms with Gasteiger partial charge in [-0.2, -0.15) is 0 Å². The van der Waals surface area contributed by atoms with Crippen molar-refractivity contribution in [1.29, 1.82) is 0 Å². The van der Waals surface area contributed by atoms with Crippen LogP contribution in [0, 0.1) is 11.8 Å². The molecule has 98 valence electrons. The number of carbonyl (C=O) groups is 1. The number of unbranched alkanes of at least 4 members (excludes halogenated alkanes) is 7. The molecule has 0 spiro atoms. The molecule has 0 aliphatic heterocycles. The Morgan fingerprint density at radius 3 is 2.00 bits per heavy atom. The number of carbonyl (C=O) groups excluding carboxylic acids is 1. The quantitative estimate of drug-likeness (QED) is 0.467. The third kappa shape index (κ3) is 15.2. The van der Waals surface area contributed by atoms with Crippen molar-refractivity contribution in [3.8, 4) is 11.8 Å². The van der Waals surface area contributed by atoms with E-state index in [-0.39, 0.29) is 5.78 Å². The maximum Gasteiger partial charge on any atom is 0.130 e. The molecule has 0 aromatic rings. The van der Waals surface area contributed by atoms with E-state index in [1.165, 1.54) is 32.1 Å². The summed E-state index contributed by atoms with van der Waals surface area (Å²) in [7, 11) is 0. The second-order valence-electron chi connectivity index (χ2n) is 4.50. The summed E-state index contributed by atoms with van der Waals surface area (Å²) in [6.07, 6.45) is 10.6. The SMILES string of the molecule is CC(=O)CCC#CCCCCCCCCCO. The summed E-state index contributed by atoms with van der Waals surface area (Å²) >= 11 is 0. The maximum absolute atomic E-state index is 10.6. The van der Waals surface area contributed by atoms with Crippen molar-refractivity contribution in [2.24, 2.45) is 0 Å². The molecule has 2 nitrogen and oxygen atoms in total. The van der Waals surface area contributed by atoms with Gasteiger partial charge in [0.25, 0.3) is 0 Å². The second kappa shape index (κ2) is 13.3. The van der Waals surface area contributed by atoms with Crippen LogP contribution >= 0.6 is 0 Å². The van der Waals surface area contributed by atoms with E-state index in [4.69, 9.17) is 5.11 Å². The van der Waals surface area contributed by atoms with Crippen LogP contribution in [0.2, 0.25) is 0 Å². The second-order valence-corrected chi connectivity index (χ2v) is 4.50. The molecule has 0 rings (SSSR count). The normalized spacial score (nSPS) is 9.76. The maximum atomic E-state index is 10.6. The summed E-state index contributed by atoms with van der Waals surface area (Å²) in [6.45, 7) is 1.94. The summed E-state index contributed by atoms with van der Waals surface area (Å²) in [4.78, 5) is 10.6. The number of Topliss-reactive ketones (excluding diaryl/α,β-unsaturated/α-hetero) is 1. The number of aliphatic hydroxyl groups excluding tert-OH is 1. The average molecular weight is 238 g/mol. The van der Waals surface area contributed by atoms with Crippen molar-refractivity contribution in [3.05, 3.63) is 0 Å². The molecule has 0 heterocycles. The van der Waals surface area contributed by atoms with E-state index in [1.807, 2.05) is 0 Å². The predicted octanol–water partition coefficient (Wildman–Crippen LogP) is 3.47. The highest BCUT2D eigenvalue weighted by Crippen LogP contribution is 2.07. The van der Waals surface area contributed by atoms with Crippen molar-refractivity contribution >= 4 is 5.78 Å². The van der Waals surface area contributed by atoms with Crippen molar-refractivity contribution in [3.63, 3.8) is 0 Å². The van der Waals surface area contributed by atoms with Crippen LogP contribution in [0.25, 0.3) is 0 Å². The van der Waals surface area contributed by atoms with Crippen LogP contribution < -0.4 is 0 Å². The van der Waals surface area contributed by atoms with E-state index in [1.54, 1.807) is 6.92 Å². The Labute approximate surface area is 106 Å². The highest BCUT2D eigenvalue weighted by Gasteiger charge is 1.91. The van der Waals surface area contributed by atoms with Crippen LogP contribution in [-0.2, 0) is 4.79 Å². The molecule has 0 unspecified atom stereocenters. The first-order valence-electron chi connectivity index (χ1n) is 6.83. The molecular formula is C15H26O2. The van der Waals surface area contributed by atoms with Gasteiger partial charge in [-0.15, -0.1) is 11.8 Å². The Balaban J connectivity index is 3.09. The fourth-order valence-electron chi connectivity index (χ4n) is 1.62. The Morgan fingerprint density at radius 1 is 0.882 bits per heavy atom. The first-order chi connectivity index (χ1) is 8.27. The Kier molecular flexibility index (Phi) is 12.6. The number of hydrogen-bond donors (Lipinski definition) is 1. The van der Waals surface area contributed by atoms with Crippen molar-refractivity contribution in [2.75, 3.05) is 6.61 Å². The van der Waals surface area contributed by atoms with Gasteiger partial charge >= 0.3 is 0 Å². The molecule has 0 amide bonds. The van der Waals surface area contributed by atoms with Crippen LogP contribution in [0.15, 0.2) is 0 Å². The van der Waals surface area contributed by atoms with Crippen molar-refractivity contribution in [2.45, 2.75) is 71.1 Å². The monoisotopic (exact) mass is 238 g/mol. The van der Waals surface area contributed by atoms with Crippen LogP contribution in [-0.4, -0.2) is 17.5 Å². The van der Waals surface area contributed by atoms with E-state index in [9.17, 15) is 4.79 Å². The number of ketones is 1. The molecule has 0 saturated carbocycles. The van der Waals surface area contributed by atoms with E-state index in [0.717, 1.165) is 25.7 Å². The van der Waals surface area contributed by atoms with Crippen LogP contribution in [0.3, 0.4) is 0 Å². The van der Waals surface area contributed by atoms with Crippen LogP contribution in [0.5, 0.6) is 0 Å². The summed E-state index contributed by atoms with van der Waals surface area (Å²) in [6, 6.07) is 0. The molecule has 0 aliphatic rings. The van der Waals surface area contributed by atoms with E-state index in [2.05, 4.69) is 11.8 Å². The highest BCUT2D eigenvalue weighted by atomic mass is 16.2. The number of aliphatic hydroxyl groups is 1. The zero-order valence-corrected chi connectivity index (χ0v) is 11.1. The van der Waals surface area contributed by atoms with E-state index < -0.39 is 0 Å². The van der Waals surface area contributed by atoms with Crippen molar-refractivity contribution in [1.82, 2.24) is 0 Å². The Bertz CT molecular complexity index is 235. The van der Waals surface area contributed by atoms with Gasteiger partial charge in [-0.1, -0.05) is 32.1 Å². The minimum Gasteiger partial charge on any atom is -0.396 e. The third-order valence-corrected chi connectivity index (χ3v) is 2.69. The number of hydrogen-bond acceptors (Lipinski definition) is 2. The topological polar surface area (TPSA) is 37.3 Å². The highest BCUT2D eigenvalue weighted by molar-refractivity contribution is 5.75. The van der Waals surface area contributed by atoms with Gasteiger partial charge in [0.2, 0.25) is 0 Å². The molecule has 0 fully saturated rings. The van der Waals surface area contributed by atoms with Crippen molar-refractivity contribution < 1.29 is 9.90 Å². The Hall–Kier alpha value is -0.810. The molecule has 0 saturated heterocycles. The molecule has 0 aromatic carbocycles. The van der Waals surface area contributed by atoms with Gasteiger partial charge in [-0.25, -0.2) is 0 Å². The fraction of sp³-hybridized carbons (Fsp3) is 0.800. The lowest BCUT2D eigenvalue weighted by molar-refractivity contribution is -0.116. The van der Waals surface area contributed by atoms with Crippen LogP contribution in [0.1, 0.15) is 71.1 Å². The summed E-state index contributed by atoms with van der Waals surface area (Å²) < 4.78 is 0. The average Bonchev–Trinajstić information content (AvgIpc) is 2.30. The van der Waals surface area contributed by atoms with Gasteiger partial charge in [0.05, 0.1) is 0 Å². The molecule has 2 heteroatoms. The van der Waals surface area contributed by atoms with Gasteiger partial charge < -0.3 is 5.11 Å². The molecule has 0 atom stereocenters. The van der Waals surface area contributed by atoms with Gasteiger partial charge in [0.15, 0.2) is 0 Å². The van der Waals surface area contributed by atoms with Gasteiger partial charge in [-0.3, -0.25) is 4.79 Å². The van der Waals surface area contributed by atoms with Gasteiger partial charge in [0.1, 0.15) is 5.78 Å². The molecular weight excluding hydrogens is 212 g/mol. The smallest absolute Gasteiger partial charge is 0.130 e. The zero-order valence-electron chi connectivity index (χ0n) is 11.1. The molecule has 0 aromatic heterocycles. The third-order valence-electron chi connectivity index (χ3n) is 2.69. The minimum absolute atomic E-state index is 0.224. The lowest BCUT2D eigenvalue weighted by Crippen LogP contribution is -1.86. The standard InChI is InChI=1S/C15H26O2/c1-15(17)13-11-9-7-5-3-2-4-6-8-10-12-14-16/h16H,2-6,8,10-14H2,1H3. The molecule has 0 aliphatic carbocycles. The first kappa shape index (κ1) is 16.2. The lowest BCUT2D eigenvalue weighted by Gasteiger charge is -1.98. The molecule has 17 heavy (non-hydrogen) atoms. The predicted molar refractivity (Wildman–Crippen MR) is 71.7 cm³/mol. The Morgan fingerprint density at radius 2 is 1.41 bits per heavy atom. The first-order valence-corrected chi connectivity index (χ1v) is 6.83. The van der Waals surface area contributed by atoms with Gasteiger partial charge in [0, 0.05) is 25.9 Å². The minimum atomic E-state index is 0.224. The summed E-state index contributed by atoms with van der Waals surface area (Å²) in [5.74, 6) is 6.38. The van der Waals surface area contributed by atoms with Gasteiger partial charge in [-0.05, 0) is 19.8 Å². The lowest BCUT2D eigenvalue weighted by atomic mass is 10.1. The summed E-state index contributed by atoms with van der Waals surface area (Å²) in [5.41, 5.74) is 0. The molecule has 0 bridgehead atoms. The summed E-state index contributed by atoms with van der Waals surface area (Å²) in [5, 5.41) is 8.61. The van der Waals surface area contributed by atoms with E-state index in [0.29, 0.717) is 13.0 Å². The molecule has 0 radical (unpaired) electrons. The molecule has 1 N–H and O–H groups in total. The number of rotatable bonds is 10. The fourth-order valence-corrected chi connectivity index (χ4v) is 1.62. The zero-order chi connectivity index (χ0) is 12.8.